The highest BCUT2D eigenvalue weighted by atomic mass is 32.2. The number of sulfone groups is 1. The van der Waals surface area contributed by atoms with E-state index in [0.717, 1.165) is 25.7 Å². The van der Waals surface area contributed by atoms with Crippen LogP contribution >= 0.6 is 0 Å². The minimum atomic E-state index is -2.72. The summed E-state index contributed by atoms with van der Waals surface area (Å²) in [5.41, 5.74) is 0. The summed E-state index contributed by atoms with van der Waals surface area (Å²) in [5.74, 6) is 0.348. The third-order valence-corrected chi connectivity index (χ3v) is 4.40. The molecule has 1 aliphatic carbocycles. The molecule has 0 aromatic rings. The predicted molar refractivity (Wildman–Crippen MR) is 47.9 cm³/mol. The molecule has 0 radical (unpaired) electrons. The van der Waals surface area contributed by atoms with Crippen LogP contribution in [-0.2, 0) is 14.6 Å². The van der Waals surface area contributed by atoms with E-state index in [1.54, 1.807) is 7.11 Å². The van der Waals surface area contributed by atoms with Crippen molar-refractivity contribution in [3.63, 3.8) is 0 Å². The largest absolute Gasteiger partial charge is 0.385 e. The lowest BCUT2D eigenvalue weighted by Gasteiger charge is -2.01. The number of hydrogen-bond donors (Lipinski definition) is 0. The summed E-state index contributed by atoms with van der Waals surface area (Å²) < 4.78 is 27.5. The SMILES string of the molecule is COCCCCS(=O)(=O)C1CC1. The lowest BCUT2D eigenvalue weighted by atomic mass is 10.4. The third kappa shape index (κ3) is 3.11. The molecule has 0 spiro atoms. The van der Waals surface area contributed by atoms with E-state index >= 15 is 0 Å². The van der Waals surface area contributed by atoms with Gasteiger partial charge in [0, 0.05) is 13.7 Å². The second-order valence-electron chi connectivity index (χ2n) is 3.27. The van der Waals surface area contributed by atoms with E-state index in [-0.39, 0.29) is 5.25 Å². The van der Waals surface area contributed by atoms with Crippen LogP contribution in [0.3, 0.4) is 0 Å². The van der Waals surface area contributed by atoms with Crippen molar-refractivity contribution in [1.82, 2.24) is 0 Å². The molecule has 0 saturated heterocycles. The Morgan fingerprint density at radius 2 is 2.00 bits per heavy atom. The van der Waals surface area contributed by atoms with E-state index in [1.807, 2.05) is 0 Å². The minimum Gasteiger partial charge on any atom is -0.385 e. The molecule has 12 heavy (non-hydrogen) atoms. The molecule has 1 fully saturated rings. The monoisotopic (exact) mass is 192 g/mol. The number of rotatable bonds is 6. The van der Waals surface area contributed by atoms with Gasteiger partial charge in [-0.05, 0) is 25.7 Å². The first-order valence-electron chi connectivity index (χ1n) is 4.37. The quantitative estimate of drug-likeness (QED) is 0.589. The van der Waals surface area contributed by atoms with E-state index in [0.29, 0.717) is 12.4 Å². The van der Waals surface area contributed by atoms with Crippen molar-refractivity contribution >= 4 is 9.84 Å². The Labute approximate surface area is 74.0 Å². The molecule has 0 amide bonds. The van der Waals surface area contributed by atoms with Crippen LogP contribution in [-0.4, -0.2) is 33.1 Å². The number of hydrogen-bond acceptors (Lipinski definition) is 3. The maximum Gasteiger partial charge on any atom is 0.153 e. The van der Waals surface area contributed by atoms with Gasteiger partial charge in [-0.25, -0.2) is 8.42 Å². The molecule has 72 valence electrons. The average Bonchev–Trinajstić information content (AvgIpc) is 2.80. The van der Waals surface area contributed by atoms with Crippen LogP contribution in [0.25, 0.3) is 0 Å². The zero-order chi connectivity index (χ0) is 9.03. The summed E-state index contributed by atoms with van der Waals surface area (Å²) in [6.45, 7) is 0.667. The first kappa shape index (κ1) is 9.99. The van der Waals surface area contributed by atoms with Crippen LogP contribution in [0.1, 0.15) is 25.7 Å². The van der Waals surface area contributed by atoms with Gasteiger partial charge in [-0.15, -0.1) is 0 Å². The molecule has 0 aromatic heterocycles. The summed E-state index contributed by atoms with van der Waals surface area (Å²) >= 11 is 0. The highest BCUT2D eigenvalue weighted by Gasteiger charge is 2.34. The standard InChI is InChI=1S/C8H16O3S/c1-11-6-2-3-7-12(9,10)8-4-5-8/h8H,2-7H2,1H3. The fraction of sp³-hybridized carbons (Fsp3) is 1.00. The van der Waals surface area contributed by atoms with Crippen LogP contribution in [0.15, 0.2) is 0 Å². The smallest absolute Gasteiger partial charge is 0.153 e. The number of unbranched alkanes of at least 4 members (excludes halogenated alkanes) is 1. The molecular weight excluding hydrogens is 176 g/mol. The Balaban J connectivity index is 2.13. The Kier molecular flexibility index (Phi) is 3.53. The van der Waals surface area contributed by atoms with Crippen molar-refractivity contribution in [2.24, 2.45) is 0 Å². The number of ether oxygens (including phenoxy) is 1. The molecule has 1 rings (SSSR count). The van der Waals surface area contributed by atoms with Crippen molar-refractivity contribution in [2.45, 2.75) is 30.9 Å². The Hall–Kier alpha value is -0.0900. The van der Waals surface area contributed by atoms with Gasteiger partial charge in [0.1, 0.15) is 0 Å². The molecule has 0 aromatic carbocycles. The fourth-order valence-electron chi connectivity index (χ4n) is 1.14. The predicted octanol–water partition coefficient (Wildman–Crippen LogP) is 0.990. The van der Waals surface area contributed by atoms with Gasteiger partial charge in [0.25, 0.3) is 0 Å². The zero-order valence-electron chi connectivity index (χ0n) is 7.45. The normalized spacial score (nSPS) is 18.1. The first-order chi connectivity index (χ1) is 5.67. The minimum absolute atomic E-state index is 0.0000416. The molecule has 0 heterocycles. The van der Waals surface area contributed by atoms with Crippen molar-refractivity contribution in [3.05, 3.63) is 0 Å². The lowest BCUT2D eigenvalue weighted by molar-refractivity contribution is 0.194. The van der Waals surface area contributed by atoms with Gasteiger partial charge >= 0.3 is 0 Å². The van der Waals surface area contributed by atoms with E-state index < -0.39 is 9.84 Å². The van der Waals surface area contributed by atoms with Crippen LogP contribution in [0, 0.1) is 0 Å². The molecule has 0 aliphatic heterocycles. The summed E-state index contributed by atoms with van der Waals surface area (Å²) in [6.07, 6.45) is 3.36. The molecular formula is C8H16O3S. The summed E-state index contributed by atoms with van der Waals surface area (Å²) in [6, 6.07) is 0. The zero-order valence-corrected chi connectivity index (χ0v) is 8.27. The second kappa shape index (κ2) is 4.23. The van der Waals surface area contributed by atoms with Crippen molar-refractivity contribution in [1.29, 1.82) is 0 Å². The maximum atomic E-state index is 11.3. The van der Waals surface area contributed by atoms with Gasteiger partial charge < -0.3 is 4.74 Å². The first-order valence-corrected chi connectivity index (χ1v) is 6.09. The van der Waals surface area contributed by atoms with Crippen molar-refractivity contribution < 1.29 is 13.2 Å². The molecule has 0 unspecified atom stereocenters. The van der Waals surface area contributed by atoms with Crippen molar-refractivity contribution in [3.8, 4) is 0 Å². The van der Waals surface area contributed by atoms with Gasteiger partial charge in [-0.3, -0.25) is 0 Å². The Morgan fingerprint density at radius 1 is 1.33 bits per heavy atom. The van der Waals surface area contributed by atoms with Crippen LogP contribution in [0.5, 0.6) is 0 Å². The van der Waals surface area contributed by atoms with Gasteiger partial charge in [0.15, 0.2) is 9.84 Å². The van der Waals surface area contributed by atoms with Crippen LogP contribution in [0.4, 0.5) is 0 Å². The van der Waals surface area contributed by atoms with Crippen LogP contribution < -0.4 is 0 Å². The molecule has 0 atom stereocenters. The Morgan fingerprint density at radius 3 is 2.50 bits per heavy atom. The van der Waals surface area contributed by atoms with Gasteiger partial charge in [0.05, 0.1) is 11.0 Å². The summed E-state index contributed by atoms with van der Waals surface area (Å²) in [7, 11) is -1.09. The fourth-order valence-corrected chi connectivity index (χ4v) is 2.94. The van der Waals surface area contributed by atoms with E-state index in [4.69, 9.17) is 4.74 Å². The molecule has 0 N–H and O–H groups in total. The topological polar surface area (TPSA) is 43.4 Å². The third-order valence-electron chi connectivity index (χ3n) is 2.06. The van der Waals surface area contributed by atoms with E-state index in [9.17, 15) is 8.42 Å². The maximum absolute atomic E-state index is 11.3. The van der Waals surface area contributed by atoms with Gasteiger partial charge in [0.2, 0.25) is 0 Å². The number of methoxy groups -OCH3 is 1. The lowest BCUT2D eigenvalue weighted by Crippen LogP contribution is -2.11. The molecule has 0 bridgehead atoms. The summed E-state index contributed by atoms with van der Waals surface area (Å²) in [5, 5.41) is 0.0000416. The van der Waals surface area contributed by atoms with E-state index in [1.165, 1.54) is 0 Å². The Bertz CT molecular complexity index is 216. The van der Waals surface area contributed by atoms with Crippen molar-refractivity contribution in [2.75, 3.05) is 19.5 Å². The molecule has 1 saturated carbocycles. The highest BCUT2D eigenvalue weighted by molar-refractivity contribution is 7.92. The van der Waals surface area contributed by atoms with Gasteiger partial charge in [-0.2, -0.15) is 0 Å². The molecule has 1 aliphatic rings. The second-order valence-corrected chi connectivity index (χ2v) is 5.67. The van der Waals surface area contributed by atoms with Crippen LogP contribution in [0.2, 0.25) is 0 Å². The van der Waals surface area contributed by atoms with Gasteiger partial charge in [-0.1, -0.05) is 0 Å². The summed E-state index contributed by atoms with van der Waals surface area (Å²) in [4.78, 5) is 0. The van der Waals surface area contributed by atoms with E-state index in [2.05, 4.69) is 0 Å². The molecule has 4 heteroatoms. The average molecular weight is 192 g/mol. The molecule has 3 nitrogen and oxygen atoms in total. The highest BCUT2D eigenvalue weighted by Crippen LogP contribution is 2.29.